The first-order valence-corrected chi connectivity index (χ1v) is 6.57. The molecule has 0 atom stereocenters. The Morgan fingerprint density at radius 3 is 2.63 bits per heavy atom. The van der Waals surface area contributed by atoms with Crippen LogP contribution in [0.2, 0.25) is 0 Å². The minimum atomic E-state index is -0.206. The second kappa shape index (κ2) is 6.48. The van der Waals surface area contributed by atoms with Crippen LogP contribution >= 0.6 is 0 Å². The Labute approximate surface area is 113 Å². The Morgan fingerprint density at radius 1 is 1.21 bits per heavy atom. The first-order chi connectivity index (χ1) is 9.19. The molecule has 0 unspecified atom stereocenters. The van der Waals surface area contributed by atoms with Crippen LogP contribution in [-0.4, -0.2) is 41.9 Å². The molecule has 1 aromatic carbocycles. The van der Waals surface area contributed by atoms with Crippen molar-refractivity contribution in [2.24, 2.45) is 0 Å². The monoisotopic (exact) mass is 262 g/mol. The number of nitrogens with zero attached hydrogens (tertiary/aromatic N) is 2. The number of amides is 1. The van der Waals surface area contributed by atoms with Crippen LogP contribution in [0, 0.1) is 5.82 Å². The molecule has 1 amide bonds. The summed E-state index contributed by atoms with van der Waals surface area (Å²) in [4.78, 5) is 15.7. The standard InChI is InChI=1S/C15H19FN2O/c1-2-15(19)18-9-3-8-17(10-11-18)12-13-4-6-14(16)7-5-13/h2,4-7H,1,3,8-12H2. The number of carbonyl (C=O) groups excluding carboxylic acids is 1. The average Bonchev–Trinajstić information content (AvgIpc) is 2.66. The second-order valence-corrected chi connectivity index (χ2v) is 4.79. The van der Waals surface area contributed by atoms with Crippen molar-refractivity contribution in [3.05, 3.63) is 48.3 Å². The van der Waals surface area contributed by atoms with Crippen LogP contribution in [0.5, 0.6) is 0 Å². The van der Waals surface area contributed by atoms with Gasteiger partial charge in [-0.15, -0.1) is 0 Å². The van der Waals surface area contributed by atoms with Gasteiger partial charge in [0.05, 0.1) is 0 Å². The number of carbonyl (C=O) groups is 1. The molecule has 1 fully saturated rings. The quantitative estimate of drug-likeness (QED) is 0.778. The number of hydrogen-bond acceptors (Lipinski definition) is 2. The molecule has 1 saturated heterocycles. The van der Waals surface area contributed by atoms with Crippen LogP contribution in [0.1, 0.15) is 12.0 Å². The Balaban J connectivity index is 1.90. The topological polar surface area (TPSA) is 23.6 Å². The molecule has 1 aliphatic heterocycles. The predicted molar refractivity (Wildman–Crippen MR) is 73.1 cm³/mol. The van der Waals surface area contributed by atoms with Crippen LogP contribution in [0.4, 0.5) is 4.39 Å². The molecule has 4 heteroatoms. The third kappa shape index (κ3) is 3.89. The van der Waals surface area contributed by atoms with Crippen molar-refractivity contribution in [2.75, 3.05) is 26.2 Å². The lowest BCUT2D eigenvalue weighted by molar-refractivity contribution is -0.125. The summed E-state index contributed by atoms with van der Waals surface area (Å²) in [6, 6.07) is 6.60. The molecule has 0 saturated carbocycles. The minimum absolute atomic E-state index is 0.00336. The molecule has 1 heterocycles. The summed E-state index contributed by atoms with van der Waals surface area (Å²) in [6.07, 6.45) is 2.33. The Bertz CT molecular complexity index is 444. The molecule has 1 aliphatic rings. The lowest BCUT2D eigenvalue weighted by Gasteiger charge is -2.21. The maximum atomic E-state index is 12.8. The Kier molecular flexibility index (Phi) is 4.68. The molecule has 0 aliphatic carbocycles. The van der Waals surface area contributed by atoms with Gasteiger partial charge < -0.3 is 4.90 Å². The maximum absolute atomic E-state index is 12.8. The van der Waals surface area contributed by atoms with Crippen molar-refractivity contribution in [3.63, 3.8) is 0 Å². The Morgan fingerprint density at radius 2 is 1.95 bits per heavy atom. The van der Waals surface area contributed by atoms with Crippen molar-refractivity contribution in [1.29, 1.82) is 0 Å². The molecule has 3 nitrogen and oxygen atoms in total. The first kappa shape index (κ1) is 13.7. The molecule has 0 aromatic heterocycles. The number of benzene rings is 1. The van der Waals surface area contributed by atoms with Gasteiger partial charge in [0.15, 0.2) is 0 Å². The van der Waals surface area contributed by atoms with Gasteiger partial charge in [-0.05, 0) is 30.2 Å². The maximum Gasteiger partial charge on any atom is 0.245 e. The average molecular weight is 262 g/mol. The van der Waals surface area contributed by atoms with E-state index in [4.69, 9.17) is 0 Å². The molecule has 102 valence electrons. The molecule has 1 aromatic rings. The van der Waals surface area contributed by atoms with Crippen molar-refractivity contribution in [1.82, 2.24) is 9.80 Å². The molecule has 0 N–H and O–H groups in total. The summed E-state index contributed by atoms with van der Waals surface area (Å²) < 4.78 is 12.8. The van der Waals surface area contributed by atoms with E-state index in [2.05, 4.69) is 11.5 Å². The van der Waals surface area contributed by atoms with E-state index in [0.717, 1.165) is 44.7 Å². The summed E-state index contributed by atoms with van der Waals surface area (Å²) in [7, 11) is 0. The summed E-state index contributed by atoms with van der Waals surface area (Å²) in [6.45, 7) is 7.63. The summed E-state index contributed by atoms with van der Waals surface area (Å²) in [5.41, 5.74) is 1.10. The molecule has 0 radical (unpaired) electrons. The van der Waals surface area contributed by atoms with E-state index in [9.17, 15) is 9.18 Å². The number of hydrogen-bond donors (Lipinski definition) is 0. The van der Waals surface area contributed by atoms with Gasteiger partial charge in [0.2, 0.25) is 5.91 Å². The van der Waals surface area contributed by atoms with Gasteiger partial charge in [-0.3, -0.25) is 9.69 Å². The van der Waals surface area contributed by atoms with Crippen LogP contribution in [-0.2, 0) is 11.3 Å². The SMILES string of the molecule is C=CC(=O)N1CCCN(Cc2ccc(F)cc2)CC1. The van der Waals surface area contributed by atoms with E-state index in [-0.39, 0.29) is 11.7 Å². The Hall–Kier alpha value is -1.68. The molecule has 0 spiro atoms. The number of halogens is 1. The van der Waals surface area contributed by atoms with E-state index < -0.39 is 0 Å². The van der Waals surface area contributed by atoms with Crippen molar-refractivity contribution < 1.29 is 9.18 Å². The highest BCUT2D eigenvalue weighted by atomic mass is 19.1. The fraction of sp³-hybridized carbons (Fsp3) is 0.400. The molecular formula is C15H19FN2O. The summed E-state index contributed by atoms with van der Waals surface area (Å²) in [5.74, 6) is -0.203. The van der Waals surface area contributed by atoms with E-state index >= 15 is 0 Å². The van der Waals surface area contributed by atoms with Crippen LogP contribution in [0.3, 0.4) is 0 Å². The summed E-state index contributed by atoms with van der Waals surface area (Å²) >= 11 is 0. The fourth-order valence-corrected chi connectivity index (χ4v) is 2.33. The van der Waals surface area contributed by atoms with Crippen LogP contribution in [0.25, 0.3) is 0 Å². The highest BCUT2D eigenvalue weighted by molar-refractivity contribution is 5.86. The van der Waals surface area contributed by atoms with Gasteiger partial charge >= 0.3 is 0 Å². The van der Waals surface area contributed by atoms with E-state index in [1.54, 1.807) is 0 Å². The fourth-order valence-electron chi connectivity index (χ4n) is 2.33. The van der Waals surface area contributed by atoms with Gasteiger partial charge in [0.1, 0.15) is 5.82 Å². The molecule has 19 heavy (non-hydrogen) atoms. The van der Waals surface area contributed by atoms with E-state index in [1.165, 1.54) is 18.2 Å². The minimum Gasteiger partial charge on any atom is -0.338 e. The first-order valence-electron chi connectivity index (χ1n) is 6.57. The van der Waals surface area contributed by atoms with Gasteiger partial charge in [-0.2, -0.15) is 0 Å². The van der Waals surface area contributed by atoms with Gasteiger partial charge in [-0.25, -0.2) is 4.39 Å². The lowest BCUT2D eigenvalue weighted by atomic mass is 10.2. The number of rotatable bonds is 3. The van der Waals surface area contributed by atoms with E-state index in [1.807, 2.05) is 17.0 Å². The van der Waals surface area contributed by atoms with Crippen LogP contribution < -0.4 is 0 Å². The van der Waals surface area contributed by atoms with Gasteiger partial charge in [-0.1, -0.05) is 18.7 Å². The molecule has 0 bridgehead atoms. The van der Waals surface area contributed by atoms with E-state index in [0.29, 0.717) is 0 Å². The van der Waals surface area contributed by atoms with Gasteiger partial charge in [0, 0.05) is 32.7 Å². The zero-order valence-electron chi connectivity index (χ0n) is 11.0. The highest BCUT2D eigenvalue weighted by Gasteiger charge is 2.17. The third-order valence-electron chi connectivity index (χ3n) is 3.39. The zero-order chi connectivity index (χ0) is 13.7. The second-order valence-electron chi connectivity index (χ2n) is 4.79. The summed E-state index contributed by atoms with van der Waals surface area (Å²) in [5, 5.41) is 0. The molecular weight excluding hydrogens is 243 g/mol. The predicted octanol–water partition coefficient (Wildman–Crippen LogP) is 2.05. The highest BCUT2D eigenvalue weighted by Crippen LogP contribution is 2.10. The molecule has 2 rings (SSSR count). The zero-order valence-corrected chi connectivity index (χ0v) is 11.0. The van der Waals surface area contributed by atoms with Gasteiger partial charge in [0.25, 0.3) is 0 Å². The lowest BCUT2D eigenvalue weighted by Crippen LogP contribution is -2.33. The van der Waals surface area contributed by atoms with Crippen molar-refractivity contribution in [2.45, 2.75) is 13.0 Å². The van der Waals surface area contributed by atoms with Crippen molar-refractivity contribution >= 4 is 5.91 Å². The largest absolute Gasteiger partial charge is 0.338 e. The smallest absolute Gasteiger partial charge is 0.245 e. The third-order valence-corrected chi connectivity index (χ3v) is 3.39. The van der Waals surface area contributed by atoms with Crippen molar-refractivity contribution in [3.8, 4) is 0 Å². The normalized spacial score (nSPS) is 17.0. The van der Waals surface area contributed by atoms with Crippen LogP contribution in [0.15, 0.2) is 36.9 Å².